The number of rotatable bonds is 8. The van der Waals surface area contributed by atoms with Crippen LogP contribution in [-0.2, 0) is 9.59 Å². The van der Waals surface area contributed by atoms with Gasteiger partial charge in [-0.2, -0.15) is 0 Å². The topological polar surface area (TPSA) is 156 Å². The van der Waals surface area contributed by atoms with Crippen LogP contribution in [0.3, 0.4) is 0 Å². The molecule has 108 valence electrons. The average Bonchev–Trinajstić information content (AvgIpc) is 2.33. The van der Waals surface area contributed by atoms with E-state index in [2.05, 4.69) is 0 Å². The van der Waals surface area contributed by atoms with Gasteiger partial charge in [-0.25, -0.2) is 9.59 Å². The second-order valence-corrected chi connectivity index (χ2v) is 3.43. The molecule has 0 amide bonds. The van der Waals surface area contributed by atoms with Gasteiger partial charge in [-0.05, 0) is 12.8 Å². The molecule has 2 atom stereocenters. The first-order valence-corrected chi connectivity index (χ1v) is 5.41. The number of aliphatic hydroxyl groups excluding tert-OH is 4. The molecule has 0 spiro atoms. The number of carboxylic acid groups (broad SMARTS) is 2. The summed E-state index contributed by atoms with van der Waals surface area (Å²) in [5.74, 6) is -3.54. The lowest BCUT2D eigenvalue weighted by Gasteiger charge is -2.07. The van der Waals surface area contributed by atoms with E-state index in [0.717, 1.165) is 25.7 Å². The smallest absolute Gasteiger partial charge is 0.335 e. The Hall–Kier alpha value is -1.22. The number of unbranched alkanes of at least 4 members (excludes halogenated alkanes) is 3. The summed E-state index contributed by atoms with van der Waals surface area (Å²) in [6.07, 6.45) is -0.705. The number of carboxylic acids is 2. The molecule has 0 bridgehead atoms. The van der Waals surface area contributed by atoms with Crippen LogP contribution in [0, 0.1) is 0 Å². The van der Waals surface area contributed by atoms with Gasteiger partial charge in [0.15, 0.2) is 12.2 Å². The fraction of sp³-hybridized carbons (Fsp3) is 0.800. The van der Waals surface area contributed by atoms with Crippen molar-refractivity contribution in [2.75, 3.05) is 13.2 Å². The lowest BCUT2D eigenvalue weighted by atomic mass is 10.2. The van der Waals surface area contributed by atoms with Gasteiger partial charge < -0.3 is 30.6 Å². The van der Waals surface area contributed by atoms with E-state index >= 15 is 0 Å². The van der Waals surface area contributed by atoms with E-state index in [1.165, 1.54) is 0 Å². The van der Waals surface area contributed by atoms with Crippen LogP contribution < -0.4 is 0 Å². The molecule has 0 aromatic heterocycles. The highest BCUT2D eigenvalue weighted by atomic mass is 16.4. The highest BCUT2D eigenvalue weighted by molar-refractivity contribution is 5.83. The van der Waals surface area contributed by atoms with Crippen molar-refractivity contribution >= 4 is 11.9 Å². The number of aliphatic hydroxyl groups is 4. The maximum atomic E-state index is 9.77. The summed E-state index contributed by atoms with van der Waals surface area (Å²) in [6, 6.07) is 0. The molecule has 0 aromatic carbocycles. The van der Waals surface area contributed by atoms with Crippen LogP contribution in [0.5, 0.6) is 0 Å². The van der Waals surface area contributed by atoms with Crippen molar-refractivity contribution in [1.82, 2.24) is 0 Å². The molecule has 8 heteroatoms. The maximum Gasteiger partial charge on any atom is 0.335 e. The van der Waals surface area contributed by atoms with E-state index in [0.29, 0.717) is 0 Å². The third-order valence-corrected chi connectivity index (χ3v) is 1.87. The predicted molar refractivity (Wildman–Crippen MR) is 59.9 cm³/mol. The van der Waals surface area contributed by atoms with E-state index < -0.39 is 24.1 Å². The SMILES string of the molecule is O=C(O)C(O)C(O)C(=O)O.OCCCCCCO. The summed E-state index contributed by atoms with van der Waals surface area (Å²) in [7, 11) is 0. The molecule has 18 heavy (non-hydrogen) atoms. The standard InChI is InChI=1S/C6H14O2.C4H6O6/c7-5-3-1-2-4-6-8;5-1(3(7)8)2(6)4(9)10/h7-8H,1-6H2;1-2,5-6H,(H,7,8)(H,9,10). The van der Waals surface area contributed by atoms with Gasteiger partial charge in [-0.15, -0.1) is 0 Å². The summed E-state index contributed by atoms with van der Waals surface area (Å²) in [6.45, 7) is 0.566. The molecular formula is C10H20O8. The number of carbonyl (C=O) groups is 2. The summed E-state index contributed by atoms with van der Waals surface area (Å²) < 4.78 is 0. The normalized spacial score (nSPS) is 13.1. The second-order valence-electron chi connectivity index (χ2n) is 3.43. The zero-order valence-electron chi connectivity index (χ0n) is 9.90. The Labute approximate surface area is 104 Å². The van der Waals surface area contributed by atoms with Crippen LogP contribution in [0.25, 0.3) is 0 Å². The van der Waals surface area contributed by atoms with Gasteiger partial charge in [-0.1, -0.05) is 12.8 Å². The molecular weight excluding hydrogens is 248 g/mol. The Morgan fingerprint density at radius 2 is 1.00 bits per heavy atom. The second kappa shape index (κ2) is 12.2. The van der Waals surface area contributed by atoms with E-state index in [1.54, 1.807) is 0 Å². The van der Waals surface area contributed by atoms with Crippen molar-refractivity contribution in [2.45, 2.75) is 37.9 Å². The van der Waals surface area contributed by atoms with Crippen LogP contribution in [0.1, 0.15) is 25.7 Å². The Bertz CT molecular complexity index is 206. The largest absolute Gasteiger partial charge is 0.479 e. The maximum absolute atomic E-state index is 9.77. The van der Waals surface area contributed by atoms with Crippen molar-refractivity contribution in [3.05, 3.63) is 0 Å². The number of hydrogen-bond acceptors (Lipinski definition) is 6. The Kier molecular flexibility index (Phi) is 13.0. The monoisotopic (exact) mass is 268 g/mol. The number of aliphatic carboxylic acids is 2. The first kappa shape index (κ1) is 19.1. The van der Waals surface area contributed by atoms with E-state index in [9.17, 15) is 9.59 Å². The summed E-state index contributed by atoms with van der Waals surface area (Å²) in [4.78, 5) is 19.5. The van der Waals surface area contributed by atoms with Gasteiger partial charge in [-0.3, -0.25) is 0 Å². The van der Waals surface area contributed by atoms with E-state index in [1.807, 2.05) is 0 Å². The minimum Gasteiger partial charge on any atom is -0.479 e. The molecule has 6 N–H and O–H groups in total. The molecule has 0 rings (SSSR count). The highest BCUT2D eigenvalue weighted by Gasteiger charge is 2.29. The first-order chi connectivity index (χ1) is 8.38. The number of hydrogen-bond donors (Lipinski definition) is 6. The van der Waals surface area contributed by atoms with Crippen LogP contribution in [0.2, 0.25) is 0 Å². The fourth-order valence-corrected chi connectivity index (χ4v) is 0.847. The Balaban J connectivity index is 0. The quantitative estimate of drug-likeness (QED) is 0.288. The molecule has 0 fully saturated rings. The predicted octanol–water partition coefficient (Wildman–Crippen LogP) is -1.59. The third kappa shape index (κ3) is 11.3. The summed E-state index contributed by atoms with van der Waals surface area (Å²) in [5.41, 5.74) is 0. The van der Waals surface area contributed by atoms with Crippen LogP contribution in [0.4, 0.5) is 0 Å². The van der Waals surface area contributed by atoms with Gasteiger partial charge in [0.05, 0.1) is 0 Å². The van der Waals surface area contributed by atoms with Crippen LogP contribution in [-0.4, -0.2) is 68.0 Å². The highest BCUT2D eigenvalue weighted by Crippen LogP contribution is 1.96. The van der Waals surface area contributed by atoms with Gasteiger partial charge in [0.2, 0.25) is 0 Å². The Morgan fingerprint density at radius 1 is 0.722 bits per heavy atom. The molecule has 0 aliphatic carbocycles. The average molecular weight is 268 g/mol. The lowest BCUT2D eigenvalue weighted by molar-refractivity contribution is -0.165. The van der Waals surface area contributed by atoms with Gasteiger partial charge in [0.25, 0.3) is 0 Å². The lowest BCUT2D eigenvalue weighted by Crippen LogP contribution is -2.39. The first-order valence-electron chi connectivity index (χ1n) is 5.41. The van der Waals surface area contributed by atoms with Crippen molar-refractivity contribution in [3.8, 4) is 0 Å². The van der Waals surface area contributed by atoms with Gasteiger partial charge >= 0.3 is 11.9 Å². The fourth-order valence-electron chi connectivity index (χ4n) is 0.847. The molecule has 0 aromatic rings. The molecule has 0 saturated carbocycles. The van der Waals surface area contributed by atoms with Gasteiger partial charge in [0.1, 0.15) is 0 Å². The van der Waals surface area contributed by atoms with Crippen LogP contribution in [0.15, 0.2) is 0 Å². The molecule has 0 radical (unpaired) electrons. The van der Waals surface area contributed by atoms with Crippen molar-refractivity contribution < 1.29 is 40.2 Å². The van der Waals surface area contributed by atoms with Crippen molar-refractivity contribution in [3.63, 3.8) is 0 Å². The van der Waals surface area contributed by atoms with E-state index in [-0.39, 0.29) is 13.2 Å². The summed E-state index contributed by atoms with van der Waals surface area (Å²) in [5, 5.41) is 49.1. The van der Waals surface area contributed by atoms with Crippen molar-refractivity contribution in [1.29, 1.82) is 0 Å². The molecule has 0 aliphatic heterocycles. The van der Waals surface area contributed by atoms with Crippen molar-refractivity contribution in [2.24, 2.45) is 0 Å². The molecule has 2 unspecified atom stereocenters. The molecule has 0 aliphatic rings. The minimum atomic E-state index is -2.27. The summed E-state index contributed by atoms with van der Waals surface area (Å²) >= 11 is 0. The Morgan fingerprint density at radius 3 is 1.17 bits per heavy atom. The van der Waals surface area contributed by atoms with Crippen LogP contribution >= 0.6 is 0 Å². The third-order valence-electron chi connectivity index (χ3n) is 1.87. The zero-order valence-corrected chi connectivity index (χ0v) is 9.90. The minimum absolute atomic E-state index is 0.283. The van der Waals surface area contributed by atoms with Gasteiger partial charge in [0, 0.05) is 13.2 Å². The zero-order chi connectivity index (χ0) is 14.6. The molecule has 8 nitrogen and oxygen atoms in total. The van der Waals surface area contributed by atoms with E-state index in [4.69, 9.17) is 30.6 Å². The molecule has 0 saturated heterocycles. The molecule has 0 heterocycles.